The molecule has 18 heavy (non-hydrogen) atoms. The Hall–Kier alpha value is -0.820. The number of rotatable bonds is 8. The van der Waals surface area contributed by atoms with Gasteiger partial charge in [0.25, 0.3) is 0 Å². The zero-order chi connectivity index (χ0) is 13.4. The van der Waals surface area contributed by atoms with Crippen LogP contribution in [-0.2, 0) is 6.42 Å². The Morgan fingerprint density at radius 2 is 1.56 bits per heavy atom. The van der Waals surface area contributed by atoms with Crippen molar-refractivity contribution in [2.45, 2.75) is 59.4 Å². The maximum atomic E-state index is 3.64. The monoisotopic (exact) mass is 247 g/mol. The van der Waals surface area contributed by atoms with Crippen molar-refractivity contribution in [1.29, 1.82) is 0 Å². The molecule has 0 spiro atoms. The highest BCUT2D eigenvalue weighted by Gasteiger charge is 2.15. The molecule has 1 nitrogen and oxygen atoms in total. The quantitative estimate of drug-likeness (QED) is 0.700. The standard InChI is InChI=1S/C17H29N/c1-5-14(6-2)13-17(18-8-4)16-11-9-15(7-3)10-12-16/h9-12,14,17-18H,5-8,13H2,1-4H3. The molecule has 1 unspecified atom stereocenters. The lowest BCUT2D eigenvalue weighted by atomic mass is 9.90. The van der Waals surface area contributed by atoms with Crippen LogP contribution in [0.25, 0.3) is 0 Å². The summed E-state index contributed by atoms with van der Waals surface area (Å²) in [5.74, 6) is 0.833. The van der Waals surface area contributed by atoms with E-state index in [9.17, 15) is 0 Å². The van der Waals surface area contributed by atoms with Crippen LogP contribution in [0.1, 0.15) is 64.1 Å². The van der Waals surface area contributed by atoms with Gasteiger partial charge in [-0.1, -0.05) is 64.8 Å². The van der Waals surface area contributed by atoms with Gasteiger partial charge in [-0.3, -0.25) is 0 Å². The Morgan fingerprint density at radius 3 is 2.00 bits per heavy atom. The molecule has 0 aliphatic heterocycles. The number of hydrogen-bond acceptors (Lipinski definition) is 1. The lowest BCUT2D eigenvalue weighted by molar-refractivity contribution is 0.375. The molecule has 1 heteroatoms. The van der Waals surface area contributed by atoms with E-state index in [0.717, 1.165) is 18.9 Å². The van der Waals surface area contributed by atoms with E-state index in [1.165, 1.54) is 30.4 Å². The van der Waals surface area contributed by atoms with E-state index in [1.807, 2.05) is 0 Å². The highest BCUT2D eigenvalue weighted by molar-refractivity contribution is 5.25. The summed E-state index contributed by atoms with van der Waals surface area (Å²) in [5, 5.41) is 3.64. The summed E-state index contributed by atoms with van der Waals surface area (Å²) in [5.41, 5.74) is 2.87. The Labute approximate surface area is 113 Å². The summed E-state index contributed by atoms with van der Waals surface area (Å²) in [6, 6.07) is 9.66. The van der Waals surface area contributed by atoms with Crippen LogP contribution in [0, 0.1) is 5.92 Å². The van der Waals surface area contributed by atoms with Gasteiger partial charge in [-0.25, -0.2) is 0 Å². The first-order chi connectivity index (χ1) is 8.74. The number of nitrogens with one attached hydrogen (secondary N) is 1. The van der Waals surface area contributed by atoms with Crippen molar-refractivity contribution in [2.75, 3.05) is 6.54 Å². The fourth-order valence-electron chi connectivity index (χ4n) is 2.52. The van der Waals surface area contributed by atoms with Crippen LogP contribution < -0.4 is 5.32 Å². The van der Waals surface area contributed by atoms with Crippen LogP contribution in [0.4, 0.5) is 0 Å². The van der Waals surface area contributed by atoms with Gasteiger partial charge in [0.15, 0.2) is 0 Å². The molecule has 1 rings (SSSR count). The van der Waals surface area contributed by atoms with Gasteiger partial charge in [0.2, 0.25) is 0 Å². The lowest BCUT2D eigenvalue weighted by Crippen LogP contribution is -2.23. The molecule has 1 atom stereocenters. The molecule has 1 aromatic carbocycles. The summed E-state index contributed by atoms with van der Waals surface area (Å²) < 4.78 is 0. The molecule has 0 aromatic heterocycles. The zero-order valence-electron chi connectivity index (χ0n) is 12.5. The molecule has 0 radical (unpaired) electrons. The van der Waals surface area contributed by atoms with Crippen LogP contribution in [0.15, 0.2) is 24.3 Å². The molecule has 102 valence electrons. The summed E-state index contributed by atoms with van der Waals surface area (Å²) in [6.45, 7) is 10.1. The molecule has 0 bridgehead atoms. The highest BCUT2D eigenvalue weighted by Crippen LogP contribution is 2.25. The fraction of sp³-hybridized carbons (Fsp3) is 0.647. The van der Waals surface area contributed by atoms with Crippen LogP contribution in [0.2, 0.25) is 0 Å². The maximum absolute atomic E-state index is 3.64. The first-order valence-electron chi connectivity index (χ1n) is 7.57. The largest absolute Gasteiger partial charge is 0.310 e. The van der Waals surface area contributed by atoms with E-state index < -0.39 is 0 Å². The van der Waals surface area contributed by atoms with E-state index in [4.69, 9.17) is 0 Å². The summed E-state index contributed by atoms with van der Waals surface area (Å²) in [4.78, 5) is 0. The minimum Gasteiger partial charge on any atom is -0.310 e. The van der Waals surface area contributed by atoms with Gasteiger partial charge in [0.05, 0.1) is 0 Å². The first kappa shape index (κ1) is 15.2. The second-order valence-corrected chi connectivity index (χ2v) is 5.12. The third-order valence-corrected chi connectivity index (χ3v) is 3.96. The van der Waals surface area contributed by atoms with Crippen molar-refractivity contribution in [3.8, 4) is 0 Å². The average Bonchev–Trinajstić information content (AvgIpc) is 2.43. The van der Waals surface area contributed by atoms with E-state index in [1.54, 1.807) is 0 Å². The molecular formula is C17H29N. The fourth-order valence-corrected chi connectivity index (χ4v) is 2.52. The van der Waals surface area contributed by atoms with Crippen molar-refractivity contribution in [2.24, 2.45) is 5.92 Å². The molecular weight excluding hydrogens is 218 g/mol. The topological polar surface area (TPSA) is 12.0 Å². The van der Waals surface area contributed by atoms with Crippen LogP contribution >= 0.6 is 0 Å². The molecule has 0 aliphatic carbocycles. The van der Waals surface area contributed by atoms with Crippen LogP contribution in [0.3, 0.4) is 0 Å². The minimum atomic E-state index is 0.519. The molecule has 0 heterocycles. The second-order valence-electron chi connectivity index (χ2n) is 5.12. The Balaban J connectivity index is 2.75. The van der Waals surface area contributed by atoms with Gasteiger partial charge >= 0.3 is 0 Å². The molecule has 0 aliphatic rings. The normalized spacial score (nSPS) is 12.9. The SMILES string of the molecule is CCNC(CC(CC)CC)c1ccc(CC)cc1. The van der Waals surface area contributed by atoms with Gasteiger partial charge in [-0.15, -0.1) is 0 Å². The average molecular weight is 247 g/mol. The Kier molecular flexibility index (Phi) is 7.04. The molecule has 1 aromatic rings. The summed E-state index contributed by atoms with van der Waals surface area (Å²) in [6.07, 6.45) is 4.95. The predicted octanol–water partition coefficient (Wildman–Crippen LogP) is 4.73. The van der Waals surface area contributed by atoms with Gasteiger partial charge in [-0.05, 0) is 36.4 Å². The molecule has 0 saturated heterocycles. The lowest BCUT2D eigenvalue weighted by Gasteiger charge is -2.23. The summed E-state index contributed by atoms with van der Waals surface area (Å²) in [7, 11) is 0. The van der Waals surface area contributed by atoms with E-state index >= 15 is 0 Å². The number of aryl methyl sites for hydroxylation is 1. The van der Waals surface area contributed by atoms with E-state index in [-0.39, 0.29) is 0 Å². The maximum Gasteiger partial charge on any atom is 0.0322 e. The second kappa shape index (κ2) is 8.31. The minimum absolute atomic E-state index is 0.519. The van der Waals surface area contributed by atoms with Crippen molar-refractivity contribution < 1.29 is 0 Å². The third-order valence-electron chi connectivity index (χ3n) is 3.96. The molecule has 0 fully saturated rings. The van der Waals surface area contributed by atoms with Gasteiger partial charge in [0.1, 0.15) is 0 Å². The van der Waals surface area contributed by atoms with Crippen molar-refractivity contribution >= 4 is 0 Å². The summed E-state index contributed by atoms with van der Waals surface area (Å²) >= 11 is 0. The first-order valence-corrected chi connectivity index (χ1v) is 7.57. The molecule has 0 amide bonds. The van der Waals surface area contributed by atoms with E-state index in [0.29, 0.717) is 6.04 Å². The van der Waals surface area contributed by atoms with E-state index in [2.05, 4.69) is 57.3 Å². The van der Waals surface area contributed by atoms with Crippen LogP contribution in [-0.4, -0.2) is 6.54 Å². The predicted molar refractivity (Wildman–Crippen MR) is 80.9 cm³/mol. The zero-order valence-corrected chi connectivity index (χ0v) is 12.5. The van der Waals surface area contributed by atoms with Crippen molar-refractivity contribution in [3.05, 3.63) is 35.4 Å². The van der Waals surface area contributed by atoms with Crippen molar-refractivity contribution in [3.63, 3.8) is 0 Å². The highest BCUT2D eigenvalue weighted by atomic mass is 14.9. The van der Waals surface area contributed by atoms with Gasteiger partial charge in [-0.2, -0.15) is 0 Å². The Morgan fingerprint density at radius 1 is 0.944 bits per heavy atom. The number of hydrogen-bond donors (Lipinski definition) is 1. The smallest absolute Gasteiger partial charge is 0.0322 e. The third kappa shape index (κ3) is 4.45. The number of benzene rings is 1. The molecule has 0 saturated carbocycles. The Bertz CT molecular complexity index is 311. The van der Waals surface area contributed by atoms with Gasteiger partial charge < -0.3 is 5.32 Å². The van der Waals surface area contributed by atoms with Crippen molar-refractivity contribution in [1.82, 2.24) is 5.32 Å². The molecule has 1 N–H and O–H groups in total. The van der Waals surface area contributed by atoms with Gasteiger partial charge in [0, 0.05) is 6.04 Å². The van der Waals surface area contributed by atoms with Crippen LogP contribution in [0.5, 0.6) is 0 Å².